The average molecular weight is 283 g/mol. The van der Waals surface area contributed by atoms with Crippen LogP contribution < -0.4 is 10.6 Å². The Morgan fingerprint density at radius 2 is 2.10 bits per heavy atom. The fourth-order valence-electron chi connectivity index (χ4n) is 2.19. The molecule has 0 atom stereocenters. The molecule has 0 unspecified atom stereocenters. The number of carbonyl (C=O) groups is 1. The number of halogens is 2. The quantitative estimate of drug-likeness (QED) is 0.884. The molecule has 1 aromatic rings. The summed E-state index contributed by atoms with van der Waals surface area (Å²) >= 11 is 0. The van der Waals surface area contributed by atoms with Crippen molar-refractivity contribution in [1.82, 2.24) is 10.2 Å². The average Bonchev–Trinajstić information content (AvgIpc) is 2.64. The van der Waals surface area contributed by atoms with Gasteiger partial charge in [0.2, 0.25) is 5.91 Å². The van der Waals surface area contributed by atoms with E-state index >= 15 is 0 Å². The Labute approximate surface area is 117 Å². The number of nitrogens with zero attached hydrogens (tertiary/aromatic N) is 1. The smallest absolute Gasteiger partial charge is 0.238 e. The summed E-state index contributed by atoms with van der Waals surface area (Å²) in [6.45, 7) is 5.05. The van der Waals surface area contributed by atoms with Crippen molar-refractivity contribution in [1.29, 1.82) is 0 Å². The van der Waals surface area contributed by atoms with E-state index in [0.29, 0.717) is 0 Å². The highest BCUT2D eigenvalue weighted by molar-refractivity contribution is 5.92. The normalized spacial score (nSPS) is 16.8. The lowest BCUT2D eigenvalue weighted by Crippen LogP contribution is -2.35. The molecule has 2 rings (SSSR count). The van der Waals surface area contributed by atoms with Crippen LogP contribution >= 0.6 is 0 Å². The van der Waals surface area contributed by atoms with Crippen molar-refractivity contribution < 1.29 is 13.6 Å². The first kappa shape index (κ1) is 14.9. The van der Waals surface area contributed by atoms with E-state index in [4.69, 9.17) is 0 Å². The highest BCUT2D eigenvalue weighted by Gasteiger charge is 2.15. The number of carbonyl (C=O) groups excluding carboxylic acids is 1. The number of benzene rings is 1. The minimum atomic E-state index is -0.616. The third-order valence-corrected chi connectivity index (χ3v) is 3.32. The van der Waals surface area contributed by atoms with Gasteiger partial charge < -0.3 is 10.6 Å². The summed E-state index contributed by atoms with van der Waals surface area (Å²) in [7, 11) is 0. The van der Waals surface area contributed by atoms with Crippen LogP contribution in [0.3, 0.4) is 0 Å². The molecule has 4 nitrogen and oxygen atoms in total. The van der Waals surface area contributed by atoms with Gasteiger partial charge >= 0.3 is 0 Å². The second kappa shape index (κ2) is 6.76. The van der Waals surface area contributed by atoms with Crippen molar-refractivity contribution in [2.45, 2.75) is 13.3 Å². The minimum absolute atomic E-state index is 0.106. The van der Waals surface area contributed by atoms with Crippen LogP contribution in [0.2, 0.25) is 0 Å². The molecule has 1 aromatic carbocycles. The van der Waals surface area contributed by atoms with Gasteiger partial charge in [-0.25, -0.2) is 8.78 Å². The van der Waals surface area contributed by atoms with E-state index in [-0.39, 0.29) is 23.7 Å². The van der Waals surface area contributed by atoms with Gasteiger partial charge in [0, 0.05) is 19.2 Å². The van der Waals surface area contributed by atoms with E-state index < -0.39 is 11.6 Å². The summed E-state index contributed by atoms with van der Waals surface area (Å²) in [4.78, 5) is 13.9. The van der Waals surface area contributed by atoms with Gasteiger partial charge in [-0.15, -0.1) is 0 Å². The Kier molecular flexibility index (Phi) is 5.03. The van der Waals surface area contributed by atoms with Gasteiger partial charge in [-0.1, -0.05) is 0 Å². The zero-order chi connectivity index (χ0) is 14.5. The maximum atomic E-state index is 13.6. The summed E-state index contributed by atoms with van der Waals surface area (Å²) in [6, 6.07) is 2.10. The van der Waals surface area contributed by atoms with Crippen LogP contribution in [0.25, 0.3) is 0 Å². The predicted molar refractivity (Wildman–Crippen MR) is 73.7 cm³/mol. The molecule has 1 aliphatic rings. The first-order valence-electron chi connectivity index (χ1n) is 6.75. The third kappa shape index (κ3) is 3.98. The number of hydrogen-bond donors (Lipinski definition) is 2. The van der Waals surface area contributed by atoms with E-state index in [0.717, 1.165) is 44.7 Å². The van der Waals surface area contributed by atoms with E-state index in [1.54, 1.807) is 0 Å². The van der Waals surface area contributed by atoms with E-state index in [1.165, 1.54) is 6.92 Å². The fourth-order valence-corrected chi connectivity index (χ4v) is 2.19. The van der Waals surface area contributed by atoms with E-state index in [2.05, 4.69) is 10.6 Å². The molecule has 0 spiro atoms. The number of rotatable bonds is 3. The summed E-state index contributed by atoms with van der Waals surface area (Å²) in [6.07, 6.45) is 0.973. The molecule has 0 saturated carbocycles. The molecule has 0 aromatic heterocycles. The topological polar surface area (TPSA) is 44.4 Å². The maximum absolute atomic E-state index is 13.6. The van der Waals surface area contributed by atoms with Gasteiger partial charge in [0.25, 0.3) is 0 Å². The zero-order valence-electron chi connectivity index (χ0n) is 11.5. The molecule has 6 heteroatoms. The van der Waals surface area contributed by atoms with E-state index in [9.17, 15) is 13.6 Å². The molecule has 1 saturated heterocycles. The second-order valence-electron chi connectivity index (χ2n) is 5.01. The Balaban J connectivity index is 1.95. The van der Waals surface area contributed by atoms with Crippen LogP contribution in [0.1, 0.15) is 12.0 Å². The molecule has 0 bridgehead atoms. The number of amides is 1. The largest absolute Gasteiger partial charge is 0.322 e. The van der Waals surface area contributed by atoms with Crippen molar-refractivity contribution >= 4 is 11.6 Å². The van der Waals surface area contributed by atoms with Gasteiger partial charge in [0.1, 0.15) is 11.6 Å². The molecule has 0 radical (unpaired) electrons. The van der Waals surface area contributed by atoms with Gasteiger partial charge in [-0.05, 0) is 38.1 Å². The summed E-state index contributed by atoms with van der Waals surface area (Å²) in [5, 5.41) is 5.67. The van der Waals surface area contributed by atoms with Crippen LogP contribution in [0.15, 0.2) is 12.1 Å². The highest BCUT2D eigenvalue weighted by Crippen LogP contribution is 2.18. The molecule has 110 valence electrons. The number of nitrogens with one attached hydrogen (secondary N) is 2. The van der Waals surface area contributed by atoms with Gasteiger partial charge in [0.15, 0.2) is 0 Å². The molecular weight excluding hydrogens is 264 g/mol. The lowest BCUT2D eigenvalue weighted by molar-refractivity contribution is -0.117. The van der Waals surface area contributed by atoms with Crippen molar-refractivity contribution in [3.8, 4) is 0 Å². The lowest BCUT2D eigenvalue weighted by atomic mass is 10.2. The molecule has 1 fully saturated rings. The summed E-state index contributed by atoms with van der Waals surface area (Å²) in [5.41, 5.74) is 0.116. The lowest BCUT2D eigenvalue weighted by Gasteiger charge is -2.18. The Hall–Kier alpha value is -1.53. The first-order chi connectivity index (χ1) is 9.56. The van der Waals surface area contributed by atoms with Crippen LogP contribution in [0, 0.1) is 18.6 Å². The summed E-state index contributed by atoms with van der Waals surface area (Å²) in [5.74, 6) is -1.47. The highest BCUT2D eigenvalue weighted by atomic mass is 19.1. The van der Waals surface area contributed by atoms with Crippen LogP contribution in [-0.2, 0) is 4.79 Å². The van der Waals surface area contributed by atoms with E-state index in [1.807, 2.05) is 4.90 Å². The molecule has 1 aliphatic heterocycles. The SMILES string of the molecule is Cc1cc(F)c(NC(=O)CN2CCCNCC2)cc1F. The Morgan fingerprint density at radius 3 is 2.90 bits per heavy atom. The monoisotopic (exact) mass is 283 g/mol. The number of aryl methyl sites for hydroxylation is 1. The molecule has 20 heavy (non-hydrogen) atoms. The number of hydrogen-bond acceptors (Lipinski definition) is 3. The zero-order valence-corrected chi connectivity index (χ0v) is 11.5. The molecule has 1 heterocycles. The molecule has 2 N–H and O–H groups in total. The third-order valence-electron chi connectivity index (χ3n) is 3.32. The standard InChI is InChI=1S/C14H19F2N3O/c1-10-7-12(16)13(8-11(10)15)18-14(20)9-19-5-2-3-17-4-6-19/h7-8,17H,2-6,9H2,1H3,(H,18,20). The number of anilines is 1. The van der Waals surface area contributed by atoms with Crippen molar-refractivity contribution in [3.63, 3.8) is 0 Å². The van der Waals surface area contributed by atoms with Crippen LogP contribution in [0.5, 0.6) is 0 Å². The van der Waals surface area contributed by atoms with Crippen LogP contribution in [0.4, 0.5) is 14.5 Å². The molecule has 1 amide bonds. The Morgan fingerprint density at radius 1 is 1.30 bits per heavy atom. The summed E-state index contributed by atoms with van der Waals surface area (Å²) < 4.78 is 27.0. The van der Waals surface area contributed by atoms with Crippen molar-refractivity contribution in [2.75, 3.05) is 38.0 Å². The second-order valence-corrected chi connectivity index (χ2v) is 5.01. The van der Waals surface area contributed by atoms with Crippen LogP contribution in [-0.4, -0.2) is 43.5 Å². The van der Waals surface area contributed by atoms with Gasteiger partial charge in [0.05, 0.1) is 12.2 Å². The first-order valence-corrected chi connectivity index (χ1v) is 6.75. The van der Waals surface area contributed by atoms with Gasteiger partial charge in [-0.3, -0.25) is 9.69 Å². The maximum Gasteiger partial charge on any atom is 0.238 e. The molecular formula is C14H19F2N3O. The van der Waals surface area contributed by atoms with Crippen molar-refractivity contribution in [2.24, 2.45) is 0 Å². The molecule has 0 aliphatic carbocycles. The van der Waals surface area contributed by atoms with Gasteiger partial charge in [-0.2, -0.15) is 0 Å². The van der Waals surface area contributed by atoms with Crippen molar-refractivity contribution in [3.05, 3.63) is 29.3 Å². The predicted octanol–water partition coefficient (Wildman–Crippen LogP) is 1.51. The fraction of sp³-hybridized carbons (Fsp3) is 0.500. The minimum Gasteiger partial charge on any atom is -0.322 e. The Bertz CT molecular complexity index is 486.